The zero-order chi connectivity index (χ0) is 84.3. The molecular formula is C101H140F6O13. The number of ether oxygens (including phenoxy) is 1. The van der Waals surface area contributed by atoms with Crippen LogP contribution in [0.2, 0.25) is 0 Å². The van der Waals surface area contributed by atoms with E-state index >= 15 is 0 Å². The van der Waals surface area contributed by atoms with E-state index in [0.29, 0.717) is 152 Å². The number of carbonyl (C=O) groups is 4. The molecule has 0 aliphatic heterocycles. The molecule has 16 saturated carbocycles. The van der Waals surface area contributed by atoms with Gasteiger partial charge in [-0.25, -0.2) is 13.2 Å². The lowest BCUT2D eigenvalue weighted by Gasteiger charge is -2.57. The predicted molar refractivity (Wildman–Crippen MR) is 442 cm³/mol. The Balaban J connectivity index is 0.000000114. The van der Waals surface area contributed by atoms with Gasteiger partial charge < -0.3 is 42.8 Å². The number of furan rings is 4. The summed E-state index contributed by atoms with van der Waals surface area (Å²) in [7, 11) is 1.70. The Morgan fingerprint density at radius 3 is 0.967 bits per heavy atom. The summed E-state index contributed by atoms with van der Waals surface area (Å²) in [6, 6.07) is 15.0. The highest BCUT2D eigenvalue weighted by Crippen LogP contribution is 2.71. The molecule has 0 unspecified atom stereocenters. The lowest BCUT2D eigenvalue weighted by atomic mass is 9.48. The van der Waals surface area contributed by atoms with Gasteiger partial charge in [0.05, 0.1) is 68.5 Å². The number of hydrogen-bond donors (Lipinski definition) is 4. The van der Waals surface area contributed by atoms with Gasteiger partial charge >= 0.3 is 6.18 Å². The van der Waals surface area contributed by atoms with E-state index in [4.69, 9.17) is 22.4 Å². The van der Waals surface area contributed by atoms with Crippen LogP contribution in [0.3, 0.4) is 0 Å². The van der Waals surface area contributed by atoms with Gasteiger partial charge in [0.2, 0.25) is 0 Å². The lowest BCUT2D eigenvalue weighted by molar-refractivity contribution is -0.282. The number of halogens is 6. The van der Waals surface area contributed by atoms with Crippen LogP contribution in [0.1, 0.15) is 282 Å². The normalized spacial score (nSPS) is 45.6. The van der Waals surface area contributed by atoms with E-state index in [1.807, 2.05) is 48.5 Å². The maximum atomic E-state index is 13.4. The molecule has 16 aliphatic rings. The summed E-state index contributed by atoms with van der Waals surface area (Å²) in [4.78, 5) is 52.6. The SMILES string of the molecule is COC[C@@]1(O)CC[C@H]2[C@H](CC[C@@H]3[C@@H]2CC[C@]2(C)[C@@H](C(=O)Cc4ccco4)CC[C@@H]32)C1.C[C@]12CC[C@H]3[C@@H](CC[C@@H]4C[C@@](O)(C(F)(F)F)CC[C@@H]43)[C@@H]1CC[C@@H]2C(=O)Cc1ccco1.C[C@]12CC[C@H]3[C@@H](CC[C@@H]4C[C@@](O)(C(F)F)CC[C@@H]43)[C@@H]1CC[C@@H]2C(=O)Cc1ccco1.C[C@]12CC[C@H]3[C@@H](CC[C@@H]4C[C@@](O)(CF)CC[C@@H]43)[C@@H]1CC[C@@H]2C(=O)Cc1ccco1. The minimum Gasteiger partial charge on any atom is -0.469 e. The van der Waals surface area contributed by atoms with E-state index in [1.165, 1.54) is 51.4 Å². The molecule has 0 amide bonds. The van der Waals surface area contributed by atoms with Gasteiger partial charge in [-0.3, -0.25) is 19.2 Å². The molecule has 32 atom stereocenters. The lowest BCUT2D eigenvalue weighted by Crippen LogP contribution is -2.55. The predicted octanol–water partition coefficient (Wildman–Crippen LogP) is 22.0. The second kappa shape index (κ2) is 34.1. The van der Waals surface area contributed by atoms with Crippen molar-refractivity contribution in [1.82, 2.24) is 0 Å². The van der Waals surface area contributed by atoms with Gasteiger partial charge in [-0.05, 0) is 420 Å². The van der Waals surface area contributed by atoms with Crippen LogP contribution in [-0.2, 0) is 49.6 Å². The molecule has 4 N–H and O–H groups in total. The Labute approximate surface area is 708 Å². The molecule has 4 heterocycles. The molecule has 20 rings (SSSR count). The molecule has 0 saturated heterocycles. The van der Waals surface area contributed by atoms with Crippen LogP contribution in [0.5, 0.6) is 0 Å². The Hall–Kier alpha value is -4.82. The number of fused-ring (bicyclic) bond motifs is 20. The van der Waals surface area contributed by atoms with Gasteiger partial charge in [-0.1, -0.05) is 27.7 Å². The first-order valence-electron chi connectivity index (χ1n) is 47.8. The molecule has 0 spiro atoms. The summed E-state index contributed by atoms with van der Waals surface area (Å²) < 4.78 is 107. The van der Waals surface area contributed by atoms with Crippen LogP contribution in [0, 0.1) is 164 Å². The summed E-state index contributed by atoms with van der Waals surface area (Å²) in [6.45, 7) is 9.33. The van der Waals surface area contributed by atoms with Crippen molar-refractivity contribution < 1.29 is 88.4 Å². The van der Waals surface area contributed by atoms with Crippen LogP contribution < -0.4 is 0 Å². The second-order valence-corrected chi connectivity index (χ2v) is 44.2. The van der Waals surface area contributed by atoms with E-state index < -0.39 is 41.7 Å². The number of hydrogen-bond acceptors (Lipinski definition) is 13. The highest BCUT2D eigenvalue weighted by Gasteiger charge is 2.66. The summed E-state index contributed by atoms with van der Waals surface area (Å²) in [5.74, 6) is 16.1. The Kier molecular flexibility index (Phi) is 24.8. The first kappa shape index (κ1) is 87.3. The summed E-state index contributed by atoms with van der Waals surface area (Å²) in [6.07, 6.45) is 33.8. The fourth-order valence-electron chi connectivity index (χ4n) is 33.6. The smallest absolute Gasteiger partial charge is 0.417 e. The Morgan fingerprint density at radius 1 is 0.375 bits per heavy atom. The van der Waals surface area contributed by atoms with Gasteiger partial charge in [0.25, 0.3) is 6.43 Å². The molecule has 0 bridgehead atoms. The van der Waals surface area contributed by atoms with Crippen molar-refractivity contribution >= 4 is 23.1 Å². The molecule has 4 aromatic rings. The fraction of sp³-hybridized carbons (Fsp3) is 0.802. The number of aliphatic hydroxyl groups is 4. The first-order valence-corrected chi connectivity index (χ1v) is 47.8. The summed E-state index contributed by atoms with van der Waals surface area (Å²) in [5, 5.41) is 42.1. The van der Waals surface area contributed by atoms with Crippen molar-refractivity contribution in [3.8, 4) is 0 Å². The molecule has 0 radical (unpaired) electrons. The number of Topliss-reactive ketones (excluding diaryl/α,β-unsaturated/α-hetero) is 4. The number of carbonyl (C=O) groups excluding carboxylic acids is 4. The zero-order valence-corrected chi connectivity index (χ0v) is 72.3. The van der Waals surface area contributed by atoms with E-state index in [0.717, 1.165) is 182 Å². The van der Waals surface area contributed by atoms with Crippen molar-refractivity contribution in [1.29, 1.82) is 0 Å². The second-order valence-electron chi connectivity index (χ2n) is 44.2. The maximum absolute atomic E-state index is 13.4. The Bertz CT molecular complexity index is 4140. The molecule has 16 aliphatic carbocycles. The molecule has 4 aromatic heterocycles. The van der Waals surface area contributed by atoms with Gasteiger partial charge in [0.1, 0.15) is 58.4 Å². The molecule has 16 fully saturated rings. The number of rotatable bonds is 16. The standard InChI is InChI=1S/C26H38O4.C25H33F3O3.C25H34F2O3.C25H35FO3/c1-25-11-9-20-19-10-12-26(28,16-29-2)15-17(19)5-6-21(20)22(25)7-8-23(25)24(27)14-18-4-3-13-30-18;1-23-10-8-18-17-9-11-24(30,25(26,27)28)14-15(17)4-5-19(18)20(23)6-7-21(23)22(29)13-16-3-2-12-31-16;1-24-10-8-18-17-9-11-25(29,23(26)27)14-15(17)4-5-19(18)20(24)6-7-21(24)22(28)13-16-3-2-12-30-16;1-24-10-8-19-18-9-11-25(28,15-26)14-16(18)4-5-20(19)21(24)6-7-22(24)23(27)13-17-3-2-12-29-17/h3-4,13,17,19-23,28H,5-12,14-16H2,1-2H3;2-3,12,15,17-21,30H,4-11,13-14H2,1H3;2-3,12,15,17-21,23,29H,4-11,13-14H2,1H3;2-3,12,16,18-22,28H,4-11,13-15H2,1H3/t17-,19+,20-,21-,22+,23-,25+,26-;15-,17+,18-,19-,20+,21-,23+,24-;15-,17+,18-,19-,20+,21-,24+,25-;16-,18+,19-,20-,21+,22-,24+,25-/m1111/s1. The average molecular weight is 1680 g/mol. The number of methoxy groups -OCH3 is 1. The number of alkyl halides is 6. The molecule has 664 valence electrons. The maximum Gasteiger partial charge on any atom is 0.417 e. The topological polar surface area (TPSA) is 211 Å². The van der Waals surface area contributed by atoms with Crippen molar-refractivity contribution in [2.75, 3.05) is 20.4 Å². The van der Waals surface area contributed by atoms with Gasteiger partial charge in [0, 0.05) is 30.8 Å². The third kappa shape index (κ3) is 16.1. The fourth-order valence-corrected chi connectivity index (χ4v) is 33.6. The van der Waals surface area contributed by atoms with Gasteiger partial charge in [0.15, 0.2) is 5.60 Å². The minimum absolute atomic E-state index is 0.000940. The first-order chi connectivity index (χ1) is 57.3. The van der Waals surface area contributed by atoms with Crippen molar-refractivity contribution in [2.45, 2.75) is 320 Å². The minimum atomic E-state index is -4.53. The van der Waals surface area contributed by atoms with E-state index in [9.17, 15) is 65.9 Å². The third-order valence-electron chi connectivity index (χ3n) is 39.1. The van der Waals surface area contributed by atoms with E-state index in [1.54, 1.807) is 32.2 Å². The van der Waals surface area contributed by atoms with Crippen LogP contribution in [0.4, 0.5) is 26.3 Å². The monoisotopic (exact) mass is 1680 g/mol. The average Bonchev–Trinajstić information content (AvgIpc) is 1.47. The summed E-state index contributed by atoms with van der Waals surface area (Å²) >= 11 is 0. The molecule has 19 heteroatoms. The van der Waals surface area contributed by atoms with E-state index in [-0.39, 0.29) is 88.6 Å². The number of ketones is 4. The van der Waals surface area contributed by atoms with E-state index in [2.05, 4.69) is 27.7 Å². The molecular weight excluding hydrogens is 1540 g/mol. The molecule has 0 aromatic carbocycles. The van der Waals surface area contributed by atoms with Crippen molar-refractivity contribution in [3.05, 3.63) is 96.6 Å². The highest BCUT2D eigenvalue weighted by molar-refractivity contribution is 5.86. The van der Waals surface area contributed by atoms with Crippen LogP contribution in [-0.4, -0.2) is 99.0 Å². The van der Waals surface area contributed by atoms with Gasteiger partial charge in [-0.2, -0.15) is 13.2 Å². The summed E-state index contributed by atoms with van der Waals surface area (Å²) in [5.41, 5.74) is -5.57. The third-order valence-corrected chi connectivity index (χ3v) is 39.1. The molecule has 13 nitrogen and oxygen atoms in total. The highest BCUT2D eigenvalue weighted by atomic mass is 19.4. The quantitative estimate of drug-likeness (QED) is 0.0770. The van der Waals surface area contributed by atoms with Crippen LogP contribution in [0.15, 0.2) is 91.3 Å². The van der Waals surface area contributed by atoms with Gasteiger partial charge in [-0.15, -0.1) is 0 Å². The van der Waals surface area contributed by atoms with Crippen molar-refractivity contribution in [3.63, 3.8) is 0 Å². The van der Waals surface area contributed by atoms with Crippen LogP contribution >= 0.6 is 0 Å². The van der Waals surface area contributed by atoms with Crippen LogP contribution in [0.25, 0.3) is 0 Å². The Morgan fingerprint density at radius 2 is 0.667 bits per heavy atom. The largest absolute Gasteiger partial charge is 0.469 e. The zero-order valence-electron chi connectivity index (χ0n) is 72.3. The van der Waals surface area contributed by atoms with Crippen molar-refractivity contribution in [2.24, 2.45) is 164 Å². The molecule has 120 heavy (non-hydrogen) atoms.